The van der Waals surface area contributed by atoms with Crippen molar-refractivity contribution in [1.29, 1.82) is 0 Å². The second-order valence-electron chi connectivity index (χ2n) is 8.13. The molecule has 168 valence electrons. The number of thioether (sulfide) groups is 1. The van der Waals surface area contributed by atoms with Crippen molar-refractivity contribution in [1.82, 2.24) is 15.3 Å². The minimum absolute atomic E-state index is 0.0108. The molecule has 2 aromatic heterocycles. The van der Waals surface area contributed by atoms with Crippen LogP contribution in [0.2, 0.25) is 5.02 Å². The Morgan fingerprint density at radius 2 is 2.16 bits per heavy atom. The number of aliphatic imine (C=N–C) groups is 1. The van der Waals surface area contributed by atoms with E-state index in [2.05, 4.69) is 33.4 Å². The van der Waals surface area contributed by atoms with Gasteiger partial charge in [-0.1, -0.05) is 11.6 Å². The summed E-state index contributed by atoms with van der Waals surface area (Å²) < 4.78 is 0. The van der Waals surface area contributed by atoms with Gasteiger partial charge in [0, 0.05) is 60.7 Å². The summed E-state index contributed by atoms with van der Waals surface area (Å²) in [5.41, 5.74) is 10.5. The molecule has 7 nitrogen and oxygen atoms in total. The molecule has 32 heavy (non-hydrogen) atoms. The van der Waals surface area contributed by atoms with E-state index in [-0.39, 0.29) is 10.6 Å². The molecule has 1 unspecified atom stereocenters. The number of hydrogen-bond donors (Lipinski definition) is 3. The molecule has 1 aromatic carbocycles. The number of pyridine rings is 2. The molecule has 9 heteroatoms. The Bertz CT molecular complexity index is 1220. The van der Waals surface area contributed by atoms with E-state index in [0.717, 1.165) is 36.3 Å². The molecule has 0 aliphatic carbocycles. The fourth-order valence-electron chi connectivity index (χ4n) is 3.97. The first-order chi connectivity index (χ1) is 15.3. The van der Waals surface area contributed by atoms with Crippen molar-refractivity contribution in [3.63, 3.8) is 0 Å². The van der Waals surface area contributed by atoms with Crippen LogP contribution >= 0.6 is 23.4 Å². The normalized spacial score (nSPS) is 19.2. The molecule has 1 aliphatic rings. The molecular weight excluding hydrogens is 444 g/mol. The number of halogens is 1. The topological polar surface area (TPSA) is 99.7 Å². The zero-order chi connectivity index (χ0) is 23.0. The fourth-order valence-corrected chi connectivity index (χ4v) is 4.74. The van der Waals surface area contributed by atoms with E-state index < -0.39 is 0 Å². The van der Waals surface area contributed by atoms with Gasteiger partial charge in [-0.15, -0.1) is 11.8 Å². The largest absolute Gasteiger partial charge is 0.507 e. The third-order valence-corrected chi connectivity index (χ3v) is 7.44. The molecule has 1 atom stereocenters. The maximum atomic E-state index is 10.7. The molecule has 1 saturated heterocycles. The molecule has 1 aliphatic heterocycles. The molecule has 0 saturated carbocycles. The van der Waals surface area contributed by atoms with Crippen molar-refractivity contribution in [2.75, 3.05) is 43.6 Å². The lowest BCUT2D eigenvalue weighted by Crippen LogP contribution is -2.56. The molecular formula is C23H27ClN6OS. The number of anilines is 2. The second-order valence-corrected chi connectivity index (χ2v) is 9.84. The van der Waals surface area contributed by atoms with Gasteiger partial charge in [-0.05, 0) is 38.3 Å². The summed E-state index contributed by atoms with van der Waals surface area (Å²) in [4.78, 5) is 15.7. The highest BCUT2D eigenvalue weighted by atomic mass is 35.5. The Morgan fingerprint density at radius 1 is 1.38 bits per heavy atom. The number of phenols is 1. The molecule has 0 radical (unpaired) electrons. The quantitative estimate of drug-likeness (QED) is 0.390. The zero-order valence-electron chi connectivity index (χ0n) is 18.6. The highest BCUT2D eigenvalue weighted by molar-refractivity contribution is 7.99. The van der Waals surface area contributed by atoms with E-state index in [0.29, 0.717) is 33.2 Å². The fraction of sp³-hybridized carbons (Fsp3) is 0.348. The number of aromatic hydroxyl groups is 1. The van der Waals surface area contributed by atoms with Crippen LogP contribution in [0.1, 0.15) is 18.1 Å². The van der Waals surface area contributed by atoms with E-state index in [9.17, 15) is 5.11 Å². The van der Waals surface area contributed by atoms with Gasteiger partial charge in [-0.3, -0.25) is 10.3 Å². The van der Waals surface area contributed by atoms with Gasteiger partial charge in [-0.25, -0.2) is 9.97 Å². The maximum Gasteiger partial charge on any atom is 0.161 e. The van der Waals surface area contributed by atoms with Gasteiger partial charge in [0.1, 0.15) is 5.75 Å². The monoisotopic (exact) mass is 470 g/mol. The predicted octanol–water partition coefficient (Wildman–Crippen LogP) is 4.08. The molecule has 0 amide bonds. The Kier molecular flexibility index (Phi) is 6.20. The van der Waals surface area contributed by atoms with E-state index in [1.807, 2.05) is 24.0 Å². The standard InChI is InChI=1S/C23H27ClN6OS/c1-13-20(25)14(10-26-3)7-17(21(13)31)19-9-18(24)16-8-15(11-27-22(16)29-19)30-6-5-28-23(2,12-30)32-4/h7-11,28,31H,5-6,12,25H2,1-4H3. The first-order valence-electron chi connectivity index (χ1n) is 10.3. The highest BCUT2D eigenvalue weighted by Crippen LogP contribution is 2.38. The number of rotatable bonds is 4. The summed E-state index contributed by atoms with van der Waals surface area (Å²) >= 11 is 8.49. The SMILES string of the molecule is CN=Cc1cc(-c2cc(Cl)c3cc(N4CCNC(C)(SC)C4)cnc3n2)c(O)c(C)c1N. The van der Waals surface area contributed by atoms with Crippen molar-refractivity contribution in [2.45, 2.75) is 18.7 Å². The summed E-state index contributed by atoms with van der Waals surface area (Å²) in [6.45, 7) is 6.64. The number of benzene rings is 1. The van der Waals surface area contributed by atoms with Crippen molar-refractivity contribution in [3.8, 4) is 17.0 Å². The molecule has 4 N–H and O–H groups in total. The average molecular weight is 471 g/mol. The van der Waals surface area contributed by atoms with Crippen LogP contribution in [0.15, 0.2) is 29.4 Å². The highest BCUT2D eigenvalue weighted by Gasteiger charge is 2.30. The number of nitrogens with two attached hydrogens (primary N) is 1. The van der Waals surface area contributed by atoms with Crippen molar-refractivity contribution in [2.24, 2.45) is 4.99 Å². The lowest BCUT2D eigenvalue weighted by molar-refractivity contribution is 0.447. The number of nitrogen functional groups attached to an aromatic ring is 1. The van der Waals surface area contributed by atoms with Crippen LogP contribution in [0, 0.1) is 6.92 Å². The van der Waals surface area contributed by atoms with E-state index in [4.69, 9.17) is 22.3 Å². The van der Waals surface area contributed by atoms with Crippen molar-refractivity contribution >= 4 is 52.0 Å². The first kappa shape index (κ1) is 22.6. The number of aromatic nitrogens is 2. The molecule has 3 aromatic rings. The van der Waals surface area contributed by atoms with Crippen LogP contribution in [0.3, 0.4) is 0 Å². The van der Waals surface area contributed by atoms with Crippen molar-refractivity contribution < 1.29 is 5.11 Å². The van der Waals surface area contributed by atoms with Crippen LogP contribution in [-0.2, 0) is 0 Å². The Labute approximate surface area is 197 Å². The summed E-state index contributed by atoms with van der Waals surface area (Å²) in [5.74, 6) is 0.0763. The minimum atomic E-state index is -0.0108. The molecule has 1 fully saturated rings. The van der Waals surface area contributed by atoms with E-state index >= 15 is 0 Å². The summed E-state index contributed by atoms with van der Waals surface area (Å²) in [6.07, 6.45) is 5.61. The van der Waals surface area contributed by atoms with Crippen LogP contribution in [0.4, 0.5) is 11.4 Å². The number of phenolic OH excluding ortho intramolecular Hbond substituents is 1. The third-order valence-electron chi connectivity index (χ3n) is 5.96. The maximum absolute atomic E-state index is 10.7. The number of nitrogens with one attached hydrogen (secondary N) is 1. The first-order valence-corrected chi connectivity index (χ1v) is 11.9. The van der Waals surface area contributed by atoms with Gasteiger partial charge in [0.15, 0.2) is 5.65 Å². The van der Waals surface area contributed by atoms with Gasteiger partial charge in [0.05, 0.1) is 27.5 Å². The lowest BCUT2D eigenvalue weighted by Gasteiger charge is -2.41. The van der Waals surface area contributed by atoms with E-state index in [1.54, 1.807) is 32.3 Å². The van der Waals surface area contributed by atoms with Gasteiger partial charge >= 0.3 is 0 Å². The number of hydrogen-bond acceptors (Lipinski definition) is 8. The number of fused-ring (bicyclic) bond motifs is 1. The second kappa shape index (κ2) is 8.77. The van der Waals surface area contributed by atoms with E-state index in [1.165, 1.54) is 0 Å². The smallest absolute Gasteiger partial charge is 0.161 e. The molecule has 3 heterocycles. The molecule has 4 rings (SSSR count). The molecule has 0 spiro atoms. The van der Waals surface area contributed by atoms with Gasteiger partial charge in [0.25, 0.3) is 0 Å². The van der Waals surface area contributed by atoms with Crippen LogP contribution in [0.5, 0.6) is 5.75 Å². The van der Waals surface area contributed by atoms with Gasteiger partial charge in [-0.2, -0.15) is 0 Å². The van der Waals surface area contributed by atoms with Crippen molar-refractivity contribution in [3.05, 3.63) is 40.5 Å². The van der Waals surface area contributed by atoms with Crippen LogP contribution in [0.25, 0.3) is 22.3 Å². The summed E-state index contributed by atoms with van der Waals surface area (Å²) in [6, 6.07) is 5.57. The average Bonchev–Trinajstić information content (AvgIpc) is 2.79. The number of nitrogens with zero attached hydrogens (tertiary/aromatic N) is 4. The predicted molar refractivity (Wildman–Crippen MR) is 136 cm³/mol. The van der Waals surface area contributed by atoms with Crippen LogP contribution in [-0.4, -0.2) is 59.1 Å². The summed E-state index contributed by atoms with van der Waals surface area (Å²) in [7, 11) is 1.67. The number of piperazine rings is 1. The Balaban J connectivity index is 1.77. The molecule has 0 bridgehead atoms. The van der Waals surface area contributed by atoms with Gasteiger partial charge in [0.2, 0.25) is 0 Å². The Morgan fingerprint density at radius 3 is 2.88 bits per heavy atom. The summed E-state index contributed by atoms with van der Waals surface area (Å²) in [5, 5.41) is 15.6. The Hall–Kier alpha value is -2.55. The lowest BCUT2D eigenvalue weighted by atomic mass is 9.99. The van der Waals surface area contributed by atoms with Crippen LogP contribution < -0.4 is 16.0 Å². The third kappa shape index (κ3) is 4.10. The zero-order valence-corrected chi connectivity index (χ0v) is 20.2. The van der Waals surface area contributed by atoms with Gasteiger partial charge < -0.3 is 15.7 Å². The minimum Gasteiger partial charge on any atom is -0.507 e.